The Morgan fingerprint density at radius 3 is 2.32 bits per heavy atom. The van der Waals surface area contributed by atoms with Crippen molar-refractivity contribution in [3.63, 3.8) is 0 Å². The molecule has 0 amide bonds. The number of rotatable bonds is 5. The molecule has 2 aromatic carbocycles. The molecule has 0 saturated heterocycles. The third-order valence-electron chi connectivity index (χ3n) is 2.95. The Balaban J connectivity index is 2.24. The predicted octanol–water partition coefficient (Wildman–Crippen LogP) is 2.39. The van der Waals surface area contributed by atoms with E-state index in [0.29, 0.717) is 11.1 Å². The van der Waals surface area contributed by atoms with E-state index in [4.69, 9.17) is 9.47 Å². The van der Waals surface area contributed by atoms with Gasteiger partial charge in [-0.15, -0.1) is 0 Å². The fourth-order valence-corrected chi connectivity index (χ4v) is 1.94. The molecule has 2 rings (SSSR count). The molecule has 0 fully saturated rings. The summed E-state index contributed by atoms with van der Waals surface area (Å²) in [7, 11) is 0. The van der Waals surface area contributed by atoms with Crippen molar-refractivity contribution in [3.8, 4) is 5.75 Å². The van der Waals surface area contributed by atoms with Gasteiger partial charge in [-0.05, 0) is 6.07 Å². The van der Waals surface area contributed by atoms with Crippen LogP contribution in [0.15, 0.2) is 54.6 Å². The molecule has 0 aliphatic rings. The molecule has 5 heteroatoms. The molecule has 0 radical (unpaired) electrons. The van der Waals surface area contributed by atoms with E-state index >= 15 is 0 Å². The van der Waals surface area contributed by atoms with Crippen molar-refractivity contribution in [2.75, 3.05) is 0 Å². The Labute approximate surface area is 128 Å². The molecule has 0 heterocycles. The zero-order valence-electron chi connectivity index (χ0n) is 12.1. The van der Waals surface area contributed by atoms with Gasteiger partial charge in [0.15, 0.2) is 0 Å². The number of benzene rings is 2. The summed E-state index contributed by atoms with van der Waals surface area (Å²) in [6.07, 6.45) is -1.15. The predicted molar refractivity (Wildman–Crippen MR) is 78.9 cm³/mol. The molecule has 0 saturated carbocycles. The first-order chi connectivity index (χ1) is 10.6. The van der Waals surface area contributed by atoms with Crippen LogP contribution in [-0.2, 0) is 20.9 Å². The zero-order valence-corrected chi connectivity index (χ0v) is 12.1. The Morgan fingerprint density at radius 1 is 1.05 bits per heavy atom. The highest BCUT2D eigenvalue weighted by atomic mass is 16.6. The van der Waals surface area contributed by atoms with Crippen molar-refractivity contribution in [1.29, 1.82) is 0 Å². The second kappa shape index (κ2) is 7.38. The van der Waals surface area contributed by atoms with Crippen molar-refractivity contribution < 1.29 is 24.2 Å². The monoisotopic (exact) mass is 300 g/mol. The van der Waals surface area contributed by atoms with Crippen molar-refractivity contribution >= 4 is 11.9 Å². The van der Waals surface area contributed by atoms with Crippen LogP contribution in [0.5, 0.6) is 5.75 Å². The molecular formula is C17H16O5. The highest BCUT2D eigenvalue weighted by molar-refractivity contribution is 5.82. The normalized spacial score (nSPS) is 11.5. The Kier molecular flexibility index (Phi) is 5.27. The summed E-state index contributed by atoms with van der Waals surface area (Å²) in [6.45, 7) is 0.970. The third kappa shape index (κ3) is 3.93. The first-order valence-corrected chi connectivity index (χ1v) is 6.74. The van der Waals surface area contributed by atoms with Crippen molar-refractivity contribution in [2.24, 2.45) is 0 Å². The Morgan fingerprint density at radius 2 is 1.68 bits per heavy atom. The van der Waals surface area contributed by atoms with E-state index < -0.39 is 18.0 Å². The van der Waals surface area contributed by atoms with E-state index in [2.05, 4.69) is 0 Å². The van der Waals surface area contributed by atoms with E-state index in [1.54, 1.807) is 54.6 Å². The second-order valence-corrected chi connectivity index (χ2v) is 4.59. The summed E-state index contributed by atoms with van der Waals surface area (Å²) in [5, 5.41) is 9.26. The van der Waals surface area contributed by atoms with E-state index in [9.17, 15) is 14.7 Å². The molecule has 0 aliphatic heterocycles. The summed E-state index contributed by atoms with van der Waals surface area (Å²) in [6, 6.07) is 15.2. The van der Waals surface area contributed by atoms with Crippen molar-refractivity contribution in [1.82, 2.24) is 0 Å². The van der Waals surface area contributed by atoms with Gasteiger partial charge in [0.2, 0.25) is 6.10 Å². The maximum absolute atomic E-state index is 12.3. The van der Waals surface area contributed by atoms with Crippen LogP contribution < -0.4 is 4.74 Å². The average molecular weight is 300 g/mol. The van der Waals surface area contributed by atoms with Gasteiger partial charge >= 0.3 is 11.9 Å². The molecule has 22 heavy (non-hydrogen) atoms. The van der Waals surface area contributed by atoms with Crippen LogP contribution in [0.2, 0.25) is 0 Å². The van der Waals surface area contributed by atoms with Gasteiger partial charge in [0, 0.05) is 18.1 Å². The molecule has 0 bridgehead atoms. The highest BCUT2D eigenvalue weighted by Gasteiger charge is 2.26. The number of aliphatic hydroxyl groups excluding tert-OH is 1. The summed E-state index contributed by atoms with van der Waals surface area (Å²) in [5.41, 5.74) is 0.995. The summed E-state index contributed by atoms with van der Waals surface area (Å²) in [4.78, 5) is 23.6. The number of hydrogen-bond donors (Lipinski definition) is 1. The van der Waals surface area contributed by atoms with Crippen LogP contribution in [0.3, 0.4) is 0 Å². The number of carbonyl (C=O) groups excluding carboxylic acids is 2. The molecule has 2 aromatic rings. The number of carbonyl (C=O) groups is 2. The first-order valence-electron chi connectivity index (χ1n) is 6.74. The van der Waals surface area contributed by atoms with Crippen molar-refractivity contribution in [3.05, 3.63) is 65.7 Å². The lowest BCUT2D eigenvalue weighted by Crippen LogP contribution is -2.23. The number of aliphatic hydroxyl groups is 1. The van der Waals surface area contributed by atoms with E-state index in [1.165, 1.54) is 6.92 Å². The van der Waals surface area contributed by atoms with Crippen LogP contribution in [-0.4, -0.2) is 17.0 Å². The molecule has 114 valence electrons. The van der Waals surface area contributed by atoms with Gasteiger partial charge < -0.3 is 14.6 Å². The lowest BCUT2D eigenvalue weighted by atomic mass is 10.1. The minimum atomic E-state index is -1.15. The number of esters is 2. The van der Waals surface area contributed by atoms with E-state index in [0.717, 1.165) is 0 Å². The SMILES string of the molecule is CC(=O)O[C@@H](C(=O)Oc1ccccc1CO)c1ccccc1. The molecule has 0 aromatic heterocycles. The zero-order chi connectivity index (χ0) is 15.9. The fourth-order valence-electron chi connectivity index (χ4n) is 1.94. The largest absolute Gasteiger partial charge is 0.446 e. The lowest BCUT2D eigenvalue weighted by molar-refractivity contribution is -0.161. The molecule has 1 N–H and O–H groups in total. The molecule has 0 aliphatic carbocycles. The molecule has 0 unspecified atom stereocenters. The summed E-state index contributed by atoms with van der Waals surface area (Å²) < 4.78 is 10.3. The minimum absolute atomic E-state index is 0.239. The van der Waals surface area contributed by atoms with E-state index in [-0.39, 0.29) is 12.4 Å². The lowest BCUT2D eigenvalue weighted by Gasteiger charge is -2.17. The second-order valence-electron chi connectivity index (χ2n) is 4.59. The van der Waals surface area contributed by atoms with Gasteiger partial charge in [0.1, 0.15) is 5.75 Å². The summed E-state index contributed by atoms with van der Waals surface area (Å²) >= 11 is 0. The topological polar surface area (TPSA) is 72.8 Å². The third-order valence-corrected chi connectivity index (χ3v) is 2.95. The van der Waals surface area contributed by atoms with Gasteiger partial charge in [-0.25, -0.2) is 4.79 Å². The standard InChI is InChI=1S/C17H16O5/c1-12(19)21-16(13-7-3-2-4-8-13)17(20)22-15-10-6-5-9-14(15)11-18/h2-10,16,18H,11H2,1H3/t16-/m1/s1. The average Bonchev–Trinajstić information content (AvgIpc) is 2.53. The van der Waals surface area contributed by atoms with Gasteiger partial charge in [-0.2, -0.15) is 0 Å². The van der Waals surface area contributed by atoms with Crippen LogP contribution in [0, 0.1) is 0 Å². The minimum Gasteiger partial charge on any atom is -0.446 e. The van der Waals surface area contributed by atoms with Gasteiger partial charge in [-0.1, -0.05) is 48.5 Å². The maximum Gasteiger partial charge on any atom is 0.357 e. The smallest absolute Gasteiger partial charge is 0.357 e. The van der Waals surface area contributed by atoms with Crippen LogP contribution in [0.25, 0.3) is 0 Å². The Bertz CT molecular complexity index is 651. The van der Waals surface area contributed by atoms with E-state index in [1.807, 2.05) is 0 Å². The van der Waals surface area contributed by atoms with Crippen LogP contribution >= 0.6 is 0 Å². The number of para-hydroxylation sites is 1. The molecule has 1 atom stereocenters. The molecule has 0 spiro atoms. The van der Waals surface area contributed by atoms with Gasteiger partial charge in [-0.3, -0.25) is 4.79 Å². The Hall–Kier alpha value is -2.66. The molecule has 5 nitrogen and oxygen atoms in total. The van der Waals surface area contributed by atoms with Crippen molar-refractivity contribution in [2.45, 2.75) is 19.6 Å². The first kappa shape index (κ1) is 15.7. The number of ether oxygens (including phenoxy) is 2. The highest BCUT2D eigenvalue weighted by Crippen LogP contribution is 2.23. The maximum atomic E-state index is 12.3. The van der Waals surface area contributed by atoms with Crippen LogP contribution in [0.1, 0.15) is 24.2 Å². The van der Waals surface area contributed by atoms with Crippen LogP contribution in [0.4, 0.5) is 0 Å². The quantitative estimate of drug-likeness (QED) is 0.678. The molecular weight excluding hydrogens is 284 g/mol. The van der Waals surface area contributed by atoms with Gasteiger partial charge in [0.25, 0.3) is 0 Å². The van der Waals surface area contributed by atoms with Gasteiger partial charge in [0.05, 0.1) is 6.61 Å². The fraction of sp³-hybridized carbons (Fsp3) is 0.176. The number of hydrogen-bond acceptors (Lipinski definition) is 5. The summed E-state index contributed by atoms with van der Waals surface area (Å²) in [5.74, 6) is -1.06.